The van der Waals surface area contributed by atoms with E-state index < -0.39 is 61.9 Å². The van der Waals surface area contributed by atoms with Gasteiger partial charge in [0.2, 0.25) is 5.91 Å². The number of ether oxygens (including phenoxy) is 1. The van der Waals surface area contributed by atoms with Crippen molar-refractivity contribution in [3.05, 3.63) is 0 Å². The van der Waals surface area contributed by atoms with Gasteiger partial charge in [0, 0.05) is 5.92 Å². The SMILES string of the molecule is C[C@H](NC(=O)OC(C)(C)C)C(=O)N[C@@]1(C(=O)O)CS(=O)(=O)[C@H]2C[C@H]21. The fourth-order valence-electron chi connectivity index (χ4n) is 2.90. The molecular weight excluding hydrogens is 340 g/mol. The van der Waals surface area contributed by atoms with E-state index in [1.165, 1.54) is 6.92 Å². The number of carbonyl (C=O) groups excluding carboxylic acids is 2. The van der Waals surface area contributed by atoms with Crippen molar-refractivity contribution in [1.29, 1.82) is 0 Å². The van der Waals surface area contributed by atoms with Crippen LogP contribution in [0.4, 0.5) is 4.79 Å². The molecular formula is C14H22N2O7S. The number of carboxylic acid groups (broad SMARTS) is 1. The Labute approximate surface area is 140 Å². The molecule has 4 atom stereocenters. The number of sulfone groups is 1. The Balaban J connectivity index is 2.05. The third-order valence-corrected chi connectivity index (χ3v) is 6.41. The number of aliphatic carboxylic acids is 1. The van der Waals surface area contributed by atoms with E-state index in [0.717, 1.165) is 0 Å². The van der Waals surface area contributed by atoms with Gasteiger partial charge in [0.15, 0.2) is 15.4 Å². The van der Waals surface area contributed by atoms with Crippen LogP contribution in [0.1, 0.15) is 34.1 Å². The summed E-state index contributed by atoms with van der Waals surface area (Å²) in [6.45, 7) is 6.34. The maximum atomic E-state index is 12.2. The summed E-state index contributed by atoms with van der Waals surface area (Å²) in [5.41, 5.74) is -2.58. The molecule has 2 aliphatic rings. The lowest BCUT2D eigenvalue weighted by Gasteiger charge is -2.28. The molecule has 2 fully saturated rings. The summed E-state index contributed by atoms with van der Waals surface area (Å²) in [6.07, 6.45) is -0.596. The predicted molar refractivity (Wildman–Crippen MR) is 83.0 cm³/mol. The molecule has 0 aromatic rings. The van der Waals surface area contributed by atoms with Crippen LogP contribution >= 0.6 is 0 Å². The summed E-state index contributed by atoms with van der Waals surface area (Å²) in [5, 5.41) is 13.4. The highest BCUT2D eigenvalue weighted by molar-refractivity contribution is 7.92. The van der Waals surface area contributed by atoms with Gasteiger partial charge < -0.3 is 20.5 Å². The topological polar surface area (TPSA) is 139 Å². The zero-order chi connectivity index (χ0) is 18.5. The van der Waals surface area contributed by atoms with Crippen molar-refractivity contribution < 1.29 is 32.6 Å². The zero-order valence-electron chi connectivity index (χ0n) is 14.0. The first-order chi connectivity index (χ1) is 10.8. The van der Waals surface area contributed by atoms with Crippen LogP contribution in [0.15, 0.2) is 0 Å². The third kappa shape index (κ3) is 3.47. The van der Waals surface area contributed by atoms with Crippen LogP contribution in [0.5, 0.6) is 0 Å². The number of nitrogens with one attached hydrogen (secondary N) is 2. The molecule has 3 N–H and O–H groups in total. The molecule has 0 radical (unpaired) electrons. The second-order valence-electron chi connectivity index (χ2n) is 7.32. The first kappa shape index (κ1) is 18.5. The third-order valence-electron chi connectivity index (χ3n) is 4.11. The standard InChI is InChI=1S/C14H22N2O7S/c1-7(15-12(20)23-13(2,3)4)10(17)16-14(11(18)19)6-24(21,22)9-5-8(9)14/h7-9H,5-6H2,1-4H3,(H,15,20)(H,16,17)(H,18,19)/t7-,8+,9-,14-/m0/s1. The van der Waals surface area contributed by atoms with Crippen molar-refractivity contribution in [3.63, 3.8) is 0 Å². The van der Waals surface area contributed by atoms with Crippen molar-refractivity contribution in [2.75, 3.05) is 5.75 Å². The van der Waals surface area contributed by atoms with Crippen molar-refractivity contribution in [3.8, 4) is 0 Å². The van der Waals surface area contributed by atoms with Crippen LogP contribution in [0, 0.1) is 5.92 Å². The predicted octanol–water partition coefficient (Wildman–Crippen LogP) is -0.344. The van der Waals surface area contributed by atoms with E-state index >= 15 is 0 Å². The van der Waals surface area contributed by atoms with Crippen LogP contribution in [-0.2, 0) is 24.2 Å². The first-order valence-electron chi connectivity index (χ1n) is 7.55. The molecule has 1 aliphatic heterocycles. The molecule has 0 aromatic heterocycles. The molecule has 0 spiro atoms. The second kappa shape index (κ2) is 5.61. The molecule has 1 saturated carbocycles. The molecule has 2 rings (SSSR count). The summed E-state index contributed by atoms with van der Waals surface area (Å²) in [6, 6.07) is -1.07. The summed E-state index contributed by atoms with van der Waals surface area (Å²) < 4.78 is 28.8. The van der Waals surface area contributed by atoms with Gasteiger partial charge in [0.25, 0.3) is 0 Å². The monoisotopic (exact) mass is 362 g/mol. The van der Waals surface area contributed by atoms with E-state index in [0.29, 0.717) is 0 Å². The van der Waals surface area contributed by atoms with E-state index in [4.69, 9.17) is 4.74 Å². The molecule has 24 heavy (non-hydrogen) atoms. The van der Waals surface area contributed by atoms with Crippen LogP contribution < -0.4 is 10.6 Å². The maximum absolute atomic E-state index is 12.2. The molecule has 1 saturated heterocycles. The highest BCUT2D eigenvalue weighted by Crippen LogP contribution is 2.52. The minimum atomic E-state index is -3.53. The van der Waals surface area contributed by atoms with E-state index in [9.17, 15) is 27.9 Å². The molecule has 10 heteroatoms. The number of amides is 2. The smallest absolute Gasteiger partial charge is 0.408 e. The highest BCUT2D eigenvalue weighted by Gasteiger charge is 2.70. The van der Waals surface area contributed by atoms with Gasteiger partial charge in [0.1, 0.15) is 11.6 Å². The van der Waals surface area contributed by atoms with Gasteiger partial charge in [-0.15, -0.1) is 0 Å². The van der Waals surface area contributed by atoms with Crippen molar-refractivity contribution in [1.82, 2.24) is 10.6 Å². The number of hydrogen-bond acceptors (Lipinski definition) is 6. The van der Waals surface area contributed by atoms with Gasteiger partial charge in [-0.25, -0.2) is 18.0 Å². The Morgan fingerprint density at radius 1 is 1.29 bits per heavy atom. The number of hydrogen-bond donors (Lipinski definition) is 3. The van der Waals surface area contributed by atoms with Gasteiger partial charge in [-0.3, -0.25) is 4.79 Å². The average molecular weight is 362 g/mol. The Morgan fingerprint density at radius 2 is 1.88 bits per heavy atom. The molecule has 0 bridgehead atoms. The minimum Gasteiger partial charge on any atom is -0.479 e. The average Bonchev–Trinajstić information content (AvgIpc) is 3.11. The van der Waals surface area contributed by atoms with Crippen LogP contribution in [-0.4, -0.2) is 59.7 Å². The summed E-state index contributed by atoms with van der Waals surface area (Å²) in [4.78, 5) is 35.5. The second-order valence-corrected chi connectivity index (χ2v) is 9.54. The highest BCUT2D eigenvalue weighted by atomic mass is 32.2. The first-order valence-corrected chi connectivity index (χ1v) is 9.26. The lowest BCUT2D eigenvalue weighted by Crippen LogP contribution is -2.61. The fraction of sp³-hybridized carbons (Fsp3) is 0.786. The zero-order valence-corrected chi connectivity index (χ0v) is 14.8. The Morgan fingerprint density at radius 3 is 2.25 bits per heavy atom. The molecule has 2 amide bonds. The number of rotatable bonds is 4. The number of carboxylic acids is 1. The van der Waals surface area contributed by atoms with E-state index in [-0.39, 0.29) is 6.42 Å². The number of fused-ring (bicyclic) bond motifs is 1. The molecule has 1 heterocycles. The van der Waals surface area contributed by atoms with E-state index in [2.05, 4.69) is 10.6 Å². The van der Waals surface area contributed by atoms with Crippen LogP contribution in [0.25, 0.3) is 0 Å². The van der Waals surface area contributed by atoms with E-state index in [1.54, 1.807) is 20.8 Å². The molecule has 0 unspecified atom stereocenters. The fourth-order valence-corrected chi connectivity index (χ4v) is 5.39. The van der Waals surface area contributed by atoms with Crippen LogP contribution in [0.2, 0.25) is 0 Å². The van der Waals surface area contributed by atoms with Gasteiger partial charge >= 0.3 is 12.1 Å². The molecule has 1 aliphatic carbocycles. The lowest BCUT2D eigenvalue weighted by atomic mass is 9.95. The van der Waals surface area contributed by atoms with Gasteiger partial charge in [-0.2, -0.15) is 0 Å². The summed E-state index contributed by atoms with van der Waals surface area (Å²) in [5.74, 6) is -3.41. The van der Waals surface area contributed by atoms with Crippen molar-refractivity contribution in [2.45, 2.75) is 56.5 Å². The van der Waals surface area contributed by atoms with E-state index in [1.807, 2.05) is 0 Å². The maximum Gasteiger partial charge on any atom is 0.408 e. The Kier molecular flexibility index (Phi) is 4.32. The van der Waals surface area contributed by atoms with Crippen molar-refractivity contribution >= 4 is 27.8 Å². The largest absolute Gasteiger partial charge is 0.479 e. The summed E-state index contributed by atoms with van der Waals surface area (Å²) >= 11 is 0. The normalized spacial score (nSPS) is 31.5. The quantitative estimate of drug-likeness (QED) is 0.621. The van der Waals surface area contributed by atoms with Gasteiger partial charge in [-0.1, -0.05) is 0 Å². The minimum absolute atomic E-state index is 0.225. The number of carbonyl (C=O) groups is 3. The lowest BCUT2D eigenvalue weighted by molar-refractivity contribution is -0.147. The van der Waals surface area contributed by atoms with Crippen molar-refractivity contribution in [2.24, 2.45) is 5.92 Å². The van der Waals surface area contributed by atoms with Crippen LogP contribution in [0.3, 0.4) is 0 Å². The Hall–Kier alpha value is -1.84. The van der Waals surface area contributed by atoms with Gasteiger partial charge in [0.05, 0.1) is 11.0 Å². The molecule has 9 nitrogen and oxygen atoms in total. The molecule has 136 valence electrons. The molecule has 0 aromatic carbocycles. The number of alkyl carbamates (subject to hydrolysis) is 1. The van der Waals surface area contributed by atoms with Gasteiger partial charge in [-0.05, 0) is 34.1 Å². The summed E-state index contributed by atoms with van der Waals surface area (Å²) in [7, 11) is -3.53. The Bertz CT molecular complexity index is 682.